The molecule has 1 aliphatic carbocycles. The fourth-order valence-electron chi connectivity index (χ4n) is 1.71. The molecule has 2 N–H and O–H groups in total. The molecule has 0 aromatic rings. The molecule has 1 unspecified atom stereocenters. The minimum atomic E-state index is -1.13. The minimum Gasteiger partial charge on any atom is -0.481 e. The summed E-state index contributed by atoms with van der Waals surface area (Å²) in [6.45, 7) is 0. The van der Waals surface area contributed by atoms with Crippen LogP contribution in [0.15, 0.2) is 11.6 Å². The number of ketones is 1. The van der Waals surface area contributed by atoms with Crippen LogP contribution in [0.2, 0.25) is 0 Å². The fourth-order valence-corrected chi connectivity index (χ4v) is 1.71. The van der Waals surface area contributed by atoms with E-state index >= 15 is 0 Å². The molecule has 0 aromatic heterocycles. The molecule has 0 spiro atoms. The molecule has 5 heteroatoms. The van der Waals surface area contributed by atoms with Crippen LogP contribution in [0.25, 0.3) is 0 Å². The normalized spacial score (nSPS) is 23.3. The van der Waals surface area contributed by atoms with Crippen molar-refractivity contribution in [3.8, 4) is 0 Å². The molecular formula is C10H12O5. The van der Waals surface area contributed by atoms with E-state index < -0.39 is 11.9 Å². The Balaban J connectivity index is 2.56. The van der Waals surface area contributed by atoms with Crippen molar-refractivity contribution in [2.24, 2.45) is 5.92 Å². The van der Waals surface area contributed by atoms with Crippen molar-refractivity contribution in [1.82, 2.24) is 0 Å². The van der Waals surface area contributed by atoms with E-state index in [1.54, 1.807) is 0 Å². The molecule has 1 atom stereocenters. The van der Waals surface area contributed by atoms with E-state index in [1.165, 1.54) is 0 Å². The second-order valence-electron chi connectivity index (χ2n) is 3.54. The molecule has 0 aliphatic heterocycles. The highest BCUT2D eigenvalue weighted by Crippen LogP contribution is 2.29. The number of carbonyl (C=O) groups is 3. The number of carboxylic acid groups (broad SMARTS) is 2. The van der Waals surface area contributed by atoms with Gasteiger partial charge in [0, 0.05) is 24.0 Å². The summed E-state index contributed by atoms with van der Waals surface area (Å²) < 4.78 is 0. The van der Waals surface area contributed by atoms with E-state index in [2.05, 4.69) is 0 Å². The molecule has 82 valence electrons. The standard InChI is InChI=1S/C10H12O5/c11-8(12)4-3-6-1-2-7(10(6)15)5-9(13)14/h5-6H,1-4H2,(H,11,12)(H,13,14). The van der Waals surface area contributed by atoms with Crippen LogP contribution >= 0.6 is 0 Å². The number of Topliss-reactive ketones (excluding diaryl/α,β-unsaturated/α-hetero) is 1. The zero-order chi connectivity index (χ0) is 11.4. The Bertz CT molecular complexity index is 329. The van der Waals surface area contributed by atoms with Crippen LogP contribution in [-0.4, -0.2) is 27.9 Å². The third-order valence-corrected chi connectivity index (χ3v) is 2.45. The van der Waals surface area contributed by atoms with Crippen LogP contribution in [-0.2, 0) is 14.4 Å². The maximum Gasteiger partial charge on any atom is 0.328 e. The van der Waals surface area contributed by atoms with Crippen molar-refractivity contribution >= 4 is 17.7 Å². The van der Waals surface area contributed by atoms with Crippen molar-refractivity contribution in [1.29, 1.82) is 0 Å². The monoisotopic (exact) mass is 212 g/mol. The van der Waals surface area contributed by atoms with E-state index in [1.807, 2.05) is 0 Å². The first-order chi connectivity index (χ1) is 7.00. The first-order valence-corrected chi connectivity index (χ1v) is 4.70. The highest BCUT2D eigenvalue weighted by molar-refractivity contribution is 6.03. The quantitative estimate of drug-likeness (QED) is 0.674. The molecule has 0 saturated heterocycles. The van der Waals surface area contributed by atoms with Gasteiger partial charge in [-0.3, -0.25) is 9.59 Å². The van der Waals surface area contributed by atoms with Crippen molar-refractivity contribution in [2.75, 3.05) is 0 Å². The topological polar surface area (TPSA) is 91.7 Å². The lowest BCUT2D eigenvalue weighted by atomic mass is 10.0. The molecule has 15 heavy (non-hydrogen) atoms. The smallest absolute Gasteiger partial charge is 0.328 e. The number of rotatable bonds is 4. The molecule has 0 amide bonds. The largest absolute Gasteiger partial charge is 0.481 e. The Morgan fingerprint density at radius 1 is 1.40 bits per heavy atom. The van der Waals surface area contributed by atoms with E-state index in [0.29, 0.717) is 24.8 Å². The lowest BCUT2D eigenvalue weighted by molar-refractivity contribution is -0.137. The van der Waals surface area contributed by atoms with Gasteiger partial charge in [0.25, 0.3) is 0 Å². The number of aliphatic carboxylic acids is 2. The summed E-state index contributed by atoms with van der Waals surface area (Å²) >= 11 is 0. The second-order valence-corrected chi connectivity index (χ2v) is 3.54. The summed E-state index contributed by atoms with van der Waals surface area (Å²) in [7, 11) is 0. The van der Waals surface area contributed by atoms with E-state index in [0.717, 1.165) is 6.08 Å². The fraction of sp³-hybridized carbons (Fsp3) is 0.500. The lowest BCUT2D eigenvalue weighted by Crippen LogP contribution is -2.10. The van der Waals surface area contributed by atoms with Crippen LogP contribution in [0.5, 0.6) is 0 Å². The summed E-state index contributed by atoms with van der Waals surface area (Å²) in [6, 6.07) is 0. The minimum absolute atomic E-state index is 0.0449. The number of carboxylic acids is 2. The van der Waals surface area contributed by atoms with Gasteiger partial charge in [0.15, 0.2) is 5.78 Å². The number of carbonyl (C=O) groups excluding carboxylic acids is 1. The summed E-state index contributed by atoms with van der Waals surface area (Å²) in [5.74, 6) is -2.58. The Morgan fingerprint density at radius 2 is 2.07 bits per heavy atom. The second kappa shape index (κ2) is 4.72. The SMILES string of the molecule is O=C(O)C=C1CCC(CCC(=O)O)C1=O. The molecule has 5 nitrogen and oxygen atoms in total. The van der Waals surface area contributed by atoms with Crippen LogP contribution in [0.1, 0.15) is 25.7 Å². The molecular weight excluding hydrogens is 200 g/mol. The van der Waals surface area contributed by atoms with Crippen LogP contribution < -0.4 is 0 Å². The van der Waals surface area contributed by atoms with Crippen molar-refractivity contribution in [2.45, 2.75) is 25.7 Å². The van der Waals surface area contributed by atoms with E-state index in [9.17, 15) is 14.4 Å². The molecule has 1 aliphatic rings. The molecule has 1 saturated carbocycles. The van der Waals surface area contributed by atoms with Gasteiger partial charge in [0.2, 0.25) is 0 Å². The highest BCUT2D eigenvalue weighted by atomic mass is 16.4. The maximum absolute atomic E-state index is 11.5. The summed E-state index contributed by atoms with van der Waals surface area (Å²) in [5, 5.41) is 16.9. The summed E-state index contributed by atoms with van der Waals surface area (Å²) in [6.07, 6.45) is 2.17. The maximum atomic E-state index is 11.5. The van der Waals surface area contributed by atoms with Crippen LogP contribution in [0.4, 0.5) is 0 Å². The van der Waals surface area contributed by atoms with Crippen molar-refractivity contribution < 1.29 is 24.6 Å². The van der Waals surface area contributed by atoms with Crippen LogP contribution in [0, 0.1) is 5.92 Å². The highest BCUT2D eigenvalue weighted by Gasteiger charge is 2.29. The Kier molecular flexibility index (Phi) is 3.60. The average Bonchev–Trinajstić information content (AvgIpc) is 2.44. The van der Waals surface area contributed by atoms with Crippen LogP contribution in [0.3, 0.4) is 0 Å². The Labute approximate surface area is 86.4 Å². The van der Waals surface area contributed by atoms with Gasteiger partial charge in [-0.2, -0.15) is 0 Å². The van der Waals surface area contributed by atoms with Gasteiger partial charge in [-0.05, 0) is 19.3 Å². The first-order valence-electron chi connectivity index (χ1n) is 4.70. The zero-order valence-electron chi connectivity index (χ0n) is 8.10. The predicted molar refractivity (Wildman–Crippen MR) is 50.3 cm³/mol. The van der Waals surface area contributed by atoms with Gasteiger partial charge in [-0.25, -0.2) is 4.79 Å². The molecule has 0 heterocycles. The summed E-state index contributed by atoms with van der Waals surface area (Å²) in [5.41, 5.74) is 0.304. The zero-order valence-corrected chi connectivity index (χ0v) is 8.10. The summed E-state index contributed by atoms with van der Waals surface area (Å²) in [4.78, 5) is 32.2. The molecule has 0 aromatic carbocycles. The predicted octanol–water partition coefficient (Wildman–Crippen LogP) is 0.841. The first kappa shape index (κ1) is 11.4. The lowest BCUT2D eigenvalue weighted by Gasteiger charge is -2.03. The number of hydrogen-bond donors (Lipinski definition) is 2. The third-order valence-electron chi connectivity index (χ3n) is 2.45. The van der Waals surface area contributed by atoms with Crippen molar-refractivity contribution in [3.05, 3.63) is 11.6 Å². The molecule has 1 rings (SSSR count). The van der Waals surface area contributed by atoms with Crippen molar-refractivity contribution in [3.63, 3.8) is 0 Å². The van der Waals surface area contributed by atoms with Gasteiger partial charge in [0.1, 0.15) is 0 Å². The number of hydrogen-bond acceptors (Lipinski definition) is 3. The van der Waals surface area contributed by atoms with Gasteiger partial charge in [-0.15, -0.1) is 0 Å². The molecule has 0 radical (unpaired) electrons. The Morgan fingerprint density at radius 3 is 2.60 bits per heavy atom. The molecule has 0 bridgehead atoms. The number of allylic oxidation sites excluding steroid dienone is 1. The molecule has 1 fully saturated rings. The van der Waals surface area contributed by atoms with E-state index in [4.69, 9.17) is 10.2 Å². The van der Waals surface area contributed by atoms with Gasteiger partial charge >= 0.3 is 11.9 Å². The third kappa shape index (κ3) is 3.19. The Hall–Kier alpha value is -1.65. The average molecular weight is 212 g/mol. The van der Waals surface area contributed by atoms with E-state index in [-0.39, 0.29) is 18.1 Å². The van der Waals surface area contributed by atoms with Gasteiger partial charge < -0.3 is 10.2 Å². The van der Waals surface area contributed by atoms with Gasteiger partial charge in [-0.1, -0.05) is 0 Å². The van der Waals surface area contributed by atoms with Gasteiger partial charge in [0.05, 0.1) is 0 Å².